The van der Waals surface area contributed by atoms with Crippen LogP contribution < -0.4 is 5.73 Å². The predicted octanol–water partition coefficient (Wildman–Crippen LogP) is 1.45. The smallest absolute Gasteiger partial charge is 0.148 e. The Kier molecular flexibility index (Phi) is 4.26. The number of ether oxygens (including phenoxy) is 2. The lowest BCUT2D eigenvalue weighted by Crippen LogP contribution is -2.40. The van der Waals surface area contributed by atoms with Gasteiger partial charge in [-0.15, -0.1) is 0 Å². The van der Waals surface area contributed by atoms with E-state index in [1.165, 1.54) is 6.92 Å². The minimum atomic E-state index is -1.29. The molecule has 0 spiro atoms. The molecule has 3 nitrogen and oxygen atoms in total. The number of alkyl halides is 2. The van der Waals surface area contributed by atoms with Crippen molar-refractivity contribution in [2.75, 3.05) is 26.4 Å². The van der Waals surface area contributed by atoms with Crippen LogP contribution >= 0.6 is 0 Å². The summed E-state index contributed by atoms with van der Waals surface area (Å²) in [5.74, 6) is 0.0718. The maximum Gasteiger partial charge on any atom is 0.148 e. The first-order chi connectivity index (χ1) is 7.26. The Morgan fingerprint density at radius 2 is 1.56 bits per heavy atom. The van der Waals surface area contributed by atoms with E-state index in [0.29, 0.717) is 13.2 Å². The van der Waals surface area contributed by atoms with Crippen molar-refractivity contribution >= 4 is 0 Å². The molecule has 5 heteroatoms. The van der Waals surface area contributed by atoms with Gasteiger partial charge in [-0.05, 0) is 13.8 Å². The summed E-state index contributed by atoms with van der Waals surface area (Å²) < 4.78 is 35.3. The Labute approximate surface area is 95.3 Å². The highest BCUT2D eigenvalue weighted by Crippen LogP contribution is 2.27. The lowest BCUT2D eigenvalue weighted by molar-refractivity contribution is 0.118. The van der Waals surface area contributed by atoms with Crippen LogP contribution in [0.5, 0.6) is 0 Å². The van der Waals surface area contributed by atoms with Gasteiger partial charge in [-0.25, -0.2) is 8.78 Å². The van der Waals surface area contributed by atoms with Crippen molar-refractivity contribution in [1.82, 2.24) is 0 Å². The van der Waals surface area contributed by atoms with Gasteiger partial charge in [0.15, 0.2) is 0 Å². The molecule has 2 saturated heterocycles. The van der Waals surface area contributed by atoms with Crippen LogP contribution in [0.25, 0.3) is 0 Å². The fraction of sp³-hybridized carbons (Fsp3) is 1.00. The number of hydrogen-bond acceptors (Lipinski definition) is 3. The van der Waals surface area contributed by atoms with Crippen LogP contribution in [0, 0.1) is 5.92 Å². The normalized spacial score (nSPS) is 47.6. The van der Waals surface area contributed by atoms with Crippen molar-refractivity contribution < 1.29 is 18.3 Å². The fourth-order valence-corrected chi connectivity index (χ4v) is 1.42. The molecule has 16 heavy (non-hydrogen) atoms. The van der Waals surface area contributed by atoms with Crippen molar-refractivity contribution in [2.45, 2.75) is 38.2 Å². The van der Waals surface area contributed by atoms with E-state index >= 15 is 0 Å². The second kappa shape index (κ2) is 4.94. The minimum absolute atomic E-state index is 0.0718. The molecule has 2 rings (SSSR count). The third kappa shape index (κ3) is 3.37. The molecule has 2 aliphatic heterocycles. The molecule has 0 saturated carbocycles. The quantitative estimate of drug-likeness (QED) is 0.693. The van der Waals surface area contributed by atoms with E-state index < -0.39 is 17.4 Å². The molecule has 2 N–H and O–H groups in total. The van der Waals surface area contributed by atoms with Crippen molar-refractivity contribution in [1.29, 1.82) is 0 Å². The van der Waals surface area contributed by atoms with Crippen molar-refractivity contribution in [2.24, 2.45) is 11.7 Å². The number of nitrogens with two attached hydrogens (primary N) is 1. The van der Waals surface area contributed by atoms with E-state index in [1.54, 1.807) is 6.92 Å². The van der Waals surface area contributed by atoms with Gasteiger partial charge in [-0.2, -0.15) is 0 Å². The number of rotatable bonds is 0. The number of halogens is 2. The summed E-state index contributed by atoms with van der Waals surface area (Å²) in [6.07, 6.45) is 0. The molecular weight excluding hydrogens is 216 g/mol. The van der Waals surface area contributed by atoms with Crippen molar-refractivity contribution in [3.8, 4) is 0 Å². The molecule has 0 radical (unpaired) electrons. The number of hydrogen-bond donors (Lipinski definition) is 1. The zero-order valence-electron chi connectivity index (χ0n) is 10.1. The summed E-state index contributed by atoms with van der Waals surface area (Å²) >= 11 is 0. The topological polar surface area (TPSA) is 44.5 Å². The summed E-state index contributed by atoms with van der Waals surface area (Å²) in [7, 11) is 0. The Morgan fingerprint density at radius 1 is 1.06 bits per heavy atom. The molecule has 0 aliphatic carbocycles. The van der Waals surface area contributed by atoms with Crippen LogP contribution in [-0.4, -0.2) is 43.8 Å². The van der Waals surface area contributed by atoms with E-state index in [-0.39, 0.29) is 19.1 Å². The van der Waals surface area contributed by atoms with Gasteiger partial charge in [0.25, 0.3) is 0 Å². The Morgan fingerprint density at radius 3 is 1.69 bits per heavy atom. The molecule has 4 atom stereocenters. The second-order valence-electron chi connectivity index (χ2n) is 5.09. The van der Waals surface area contributed by atoms with Gasteiger partial charge >= 0.3 is 0 Å². The van der Waals surface area contributed by atoms with Gasteiger partial charge in [0, 0.05) is 5.92 Å². The lowest BCUT2D eigenvalue weighted by Gasteiger charge is -2.14. The van der Waals surface area contributed by atoms with Gasteiger partial charge < -0.3 is 15.2 Å². The predicted molar refractivity (Wildman–Crippen MR) is 57.8 cm³/mol. The highest BCUT2D eigenvalue weighted by Gasteiger charge is 2.37. The Balaban J connectivity index is 0.000000160. The maximum absolute atomic E-state index is 12.9. The monoisotopic (exact) mass is 237 g/mol. The van der Waals surface area contributed by atoms with E-state index in [1.807, 2.05) is 6.92 Å². The first-order valence-corrected chi connectivity index (χ1v) is 5.54. The summed E-state index contributed by atoms with van der Waals surface area (Å²) in [6, 6.07) is -0.428. The molecule has 2 aliphatic rings. The molecule has 0 aromatic rings. The molecule has 96 valence electrons. The van der Waals surface area contributed by atoms with Gasteiger partial charge in [0.05, 0.1) is 32.5 Å². The summed E-state index contributed by atoms with van der Waals surface area (Å²) in [5, 5.41) is 0. The molecule has 0 amide bonds. The van der Waals surface area contributed by atoms with Crippen LogP contribution in [-0.2, 0) is 9.47 Å². The Bertz CT molecular complexity index is 210. The third-order valence-corrected chi connectivity index (χ3v) is 3.23. The first kappa shape index (κ1) is 13.8. The molecule has 2 fully saturated rings. The zero-order valence-corrected chi connectivity index (χ0v) is 10.1. The van der Waals surface area contributed by atoms with Crippen LogP contribution in [0.2, 0.25) is 0 Å². The highest BCUT2D eigenvalue weighted by atomic mass is 19.1. The standard InChI is InChI=1S/C6H11FO.C5H10FNO/c1-5-3-8-4-6(5,2)7;1-5(6)3-8-2-4(5)7/h5H,3-4H2,1-2H3;4H,2-3,7H2,1H3. The van der Waals surface area contributed by atoms with Crippen LogP contribution in [0.4, 0.5) is 8.78 Å². The van der Waals surface area contributed by atoms with Gasteiger partial charge in [-0.1, -0.05) is 6.92 Å². The fourth-order valence-electron chi connectivity index (χ4n) is 1.42. The summed E-state index contributed by atoms with van der Waals surface area (Å²) in [5.41, 5.74) is 2.95. The summed E-state index contributed by atoms with van der Waals surface area (Å²) in [6.45, 7) is 6.27. The summed E-state index contributed by atoms with van der Waals surface area (Å²) in [4.78, 5) is 0. The van der Waals surface area contributed by atoms with Crippen LogP contribution in [0.3, 0.4) is 0 Å². The molecule has 2 heterocycles. The van der Waals surface area contributed by atoms with E-state index in [4.69, 9.17) is 15.2 Å². The second-order valence-corrected chi connectivity index (χ2v) is 5.09. The van der Waals surface area contributed by atoms with Crippen molar-refractivity contribution in [3.63, 3.8) is 0 Å². The first-order valence-electron chi connectivity index (χ1n) is 5.54. The molecular formula is C11H21F2NO2. The van der Waals surface area contributed by atoms with Gasteiger partial charge in [0.2, 0.25) is 0 Å². The average molecular weight is 237 g/mol. The van der Waals surface area contributed by atoms with E-state index in [2.05, 4.69) is 0 Å². The van der Waals surface area contributed by atoms with Crippen molar-refractivity contribution in [3.05, 3.63) is 0 Å². The third-order valence-electron chi connectivity index (χ3n) is 3.23. The lowest BCUT2D eigenvalue weighted by atomic mass is 9.97. The minimum Gasteiger partial charge on any atom is -0.378 e. The maximum atomic E-state index is 12.9. The van der Waals surface area contributed by atoms with Gasteiger partial charge in [0.1, 0.15) is 11.3 Å². The Hall–Kier alpha value is -0.260. The largest absolute Gasteiger partial charge is 0.378 e. The molecule has 0 aromatic heterocycles. The molecule has 0 aromatic carbocycles. The van der Waals surface area contributed by atoms with E-state index in [9.17, 15) is 8.78 Å². The SMILES string of the molecule is CC1(F)COCC1N.CC1COCC1(C)F. The molecule has 4 unspecified atom stereocenters. The van der Waals surface area contributed by atoms with Gasteiger partial charge in [-0.3, -0.25) is 0 Å². The van der Waals surface area contributed by atoms with E-state index in [0.717, 1.165) is 0 Å². The average Bonchev–Trinajstić information content (AvgIpc) is 2.60. The zero-order chi connectivity index (χ0) is 12.4. The highest BCUT2D eigenvalue weighted by molar-refractivity contribution is 4.90. The van der Waals surface area contributed by atoms with Crippen LogP contribution in [0.1, 0.15) is 20.8 Å². The molecule has 0 bridgehead atoms. The van der Waals surface area contributed by atoms with Crippen LogP contribution in [0.15, 0.2) is 0 Å².